The molecular formula is C18H18O4. The van der Waals surface area contributed by atoms with E-state index >= 15 is 0 Å². The largest absolute Gasteiger partial charge is 0.502 e. The van der Waals surface area contributed by atoms with Crippen LogP contribution in [0.1, 0.15) is 25.3 Å². The van der Waals surface area contributed by atoms with E-state index in [1.165, 1.54) is 0 Å². The first-order valence-corrected chi connectivity index (χ1v) is 7.19. The molecule has 114 valence electrons. The first-order chi connectivity index (χ1) is 10.5. The summed E-state index contributed by atoms with van der Waals surface area (Å²) in [5.74, 6) is -2.63. The number of carbonyl (C=O) groups is 2. The standard InChI is InChI=1S/C18H18O4/c1-2-14(17(20)18(21)22)16(19)11-10-13-8-5-7-12-6-3-4-9-15(12)13/h3-9,20H,2,10-11H2,1H3,(H,21,22)/b17-14-. The lowest BCUT2D eigenvalue weighted by Gasteiger charge is -2.08. The van der Waals surface area contributed by atoms with Crippen LogP contribution in [0, 0.1) is 0 Å². The van der Waals surface area contributed by atoms with Gasteiger partial charge in [0.1, 0.15) is 0 Å². The number of Topliss-reactive ketones (excluding diaryl/α,β-unsaturated/α-hetero) is 1. The molecule has 22 heavy (non-hydrogen) atoms. The topological polar surface area (TPSA) is 74.6 Å². The van der Waals surface area contributed by atoms with Gasteiger partial charge in [0.15, 0.2) is 5.78 Å². The predicted octanol–water partition coefficient (Wildman–Crippen LogP) is 3.65. The molecule has 0 saturated carbocycles. The minimum absolute atomic E-state index is 0.0206. The summed E-state index contributed by atoms with van der Waals surface area (Å²) in [6.07, 6.45) is 0.887. The van der Waals surface area contributed by atoms with Crippen molar-refractivity contribution in [2.24, 2.45) is 0 Å². The van der Waals surface area contributed by atoms with Gasteiger partial charge >= 0.3 is 5.97 Å². The van der Waals surface area contributed by atoms with Gasteiger partial charge in [0.05, 0.1) is 0 Å². The minimum Gasteiger partial charge on any atom is -0.502 e. The minimum atomic E-state index is -1.46. The molecule has 0 radical (unpaired) electrons. The van der Waals surface area contributed by atoms with Gasteiger partial charge in [-0.2, -0.15) is 0 Å². The number of ketones is 1. The summed E-state index contributed by atoms with van der Waals surface area (Å²) in [4.78, 5) is 22.9. The molecule has 0 spiro atoms. The van der Waals surface area contributed by atoms with Crippen molar-refractivity contribution in [3.05, 3.63) is 59.4 Å². The zero-order chi connectivity index (χ0) is 16.1. The molecule has 0 bridgehead atoms. The molecule has 4 nitrogen and oxygen atoms in total. The SMILES string of the molecule is CC/C(C(=O)CCc1cccc2ccccc12)=C(/O)C(=O)O. The number of aliphatic hydroxyl groups is 1. The van der Waals surface area contributed by atoms with Crippen molar-refractivity contribution in [1.82, 2.24) is 0 Å². The number of aryl methyl sites for hydroxylation is 1. The first kappa shape index (κ1) is 15.8. The van der Waals surface area contributed by atoms with E-state index in [9.17, 15) is 14.7 Å². The number of carbonyl (C=O) groups excluding carboxylic acids is 1. The Morgan fingerprint density at radius 2 is 1.68 bits per heavy atom. The summed E-state index contributed by atoms with van der Waals surface area (Å²) in [5.41, 5.74) is 1.02. The molecule has 0 atom stereocenters. The zero-order valence-electron chi connectivity index (χ0n) is 12.4. The summed E-state index contributed by atoms with van der Waals surface area (Å²) < 4.78 is 0. The quantitative estimate of drug-likeness (QED) is 0.630. The van der Waals surface area contributed by atoms with E-state index in [-0.39, 0.29) is 24.2 Å². The van der Waals surface area contributed by atoms with E-state index in [2.05, 4.69) is 0 Å². The molecule has 2 aromatic carbocycles. The molecule has 0 fully saturated rings. The van der Waals surface area contributed by atoms with E-state index in [0.717, 1.165) is 16.3 Å². The van der Waals surface area contributed by atoms with Crippen molar-refractivity contribution >= 4 is 22.5 Å². The average molecular weight is 298 g/mol. The molecule has 0 aliphatic rings. The Morgan fingerprint density at radius 1 is 1.00 bits per heavy atom. The molecule has 0 unspecified atom stereocenters. The Morgan fingerprint density at radius 3 is 2.36 bits per heavy atom. The third-order valence-corrected chi connectivity index (χ3v) is 3.68. The van der Waals surface area contributed by atoms with Crippen LogP contribution in [-0.2, 0) is 16.0 Å². The predicted molar refractivity (Wildman–Crippen MR) is 84.9 cm³/mol. The van der Waals surface area contributed by atoms with Crippen LogP contribution >= 0.6 is 0 Å². The first-order valence-electron chi connectivity index (χ1n) is 7.19. The van der Waals surface area contributed by atoms with Crippen molar-refractivity contribution in [3.63, 3.8) is 0 Å². The molecule has 0 aromatic heterocycles. The number of aliphatic hydroxyl groups excluding tert-OH is 1. The number of carboxylic acid groups (broad SMARTS) is 1. The Bertz CT molecular complexity index is 738. The van der Waals surface area contributed by atoms with Gasteiger partial charge in [0, 0.05) is 12.0 Å². The van der Waals surface area contributed by atoms with Crippen molar-refractivity contribution in [2.75, 3.05) is 0 Å². The summed E-state index contributed by atoms with van der Waals surface area (Å²) in [6, 6.07) is 13.8. The van der Waals surface area contributed by atoms with Crippen LogP contribution in [0.2, 0.25) is 0 Å². The highest BCUT2D eigenvalue weighted by Gasteiger charge is 2.18. The summed E-state index contributed by atoms with van der Waals surface area (Å²) in [5, 5.41) is 20.5. The fourth-order valence-corrected chi connectivity index (χ4v) is 2.54. The maximum absolute atomic E-state index is 12.1. The highest BCUT2D eigenvalue weighted by atomic mass is 16.4. The summed E-state index contributed by atoms with van der Waals surface area (Å²) in [6.45, 7) is 1.66. The molecule has 2 aromatic rings. The zero-order valence-corrected chi connectivity index (χ0v) is 12.4. The third-order valence-electron chi connectivity index (χ3n) is 3.68. The summed E-state index contributed by atoms with van der Waals surface area (Å²) in [7, 11) is 0. The van der Waals surface area contributed by atoms with E-state index in [0.29, 0.717) is 6.42 Å². The number of hydrogen-bond donors (Lipinski definition) is 2. The molecular weight excluding hydrogens is 280 g/mol. The Labute approximate surface area is 128 Å². The van der Waals surface area contributed by atoms with Crippen molar-refractivity contribution in [1.29, 1.82) is 0 Å². The highest BCUT2D eigenvalue weighted by molar-refractivity contribution is 6.02. The number of fused-ring (bicyclic) bond motifs is 1. The molecule has 0 heterocycles. The van der Waals surface area contributed by atoms with Crippen LogP contribution in [0.3, 0.4) is 0 Å². The van der Waals surface area contributed by atoms with Gasteiger partial charge in [-0.3, -0.25) is 4.79 Å². The van der Waals surface area contributed by atoms with Crippen LogP contribution in [-0.4, -0.2) is 22.0 Å². The molecule has 4 heteroatoms. The second kappa shape index (κ2) is 6.89. The van der Waals surface area contributed by atoms with Crippen LogP contribution in [0.15, 0.2) is 53.8 Å². The van der Waals surface area contributed by atoms with E-state index in [1.54, 1.807) is 6.92 Å². The molecule has 0 aliphatic carbocycles. The number of aliphatic carboxylic acids is 1. The fourth-order valence-electron chi connectivity index (χ4n) is 2.54. The smallest absolute Gasteiger partial charge is 0.371 e. The van der Waals surface area contributed by atoms with Gasteiger partial charge in [-0.05, 0) is 29.2 Å². The molecule has 2 N–H and O–H groups in total. The van der Waals surface area contributed by atoms with Gasteiger partial charge in [-0.25, -0.2) is 4.79 Å². The van der Waals surface area contributed by atoms with Gasteiger partial charge < -0.3 is 10.2 Å². The van der Waals surface area contributed by atoms with Crippen molar-refractivity contribution in [3.8, 4) is 0 Å². The third kappa shape index (κ3) is 3.34. The number of hydrogen-bond acceptors (Lipinski definition) is 3. The van der Waals surface area contributed by atoms with E-state index < -0.39 is 11.7 Å². The van der Waals surface area contributed by atoms with Crippen LogP contribution in [0.25, 0.3) is 10.8 Å². The maximum atomic E-state index is 12.1. The van der Waals surface area contributed by atoms with Gasteiger partial charge in [-0.15, -0.1) is 0 Å². The van der Waals surface area contributed by atoms with Crippen LogP contribution in [0.4, 0.5) is 0 Å². The Kier molecular flexibility index (Phi) is 4.94. The highest BCUT2D eigenvalue weighted by Crippen LogP contribution is 2.21. The molecule has 2 rings (SSSR count). The maximum Gasteiger partial charge on any atom is 0.371 e. The van der Waals surface area contributed by atoms with Crippen LogP contribution in [0.5, 0.6) is 0 Å². The van der Waals surface area contributed by atoms with Gasteiger partial charge in [-0.1, -0.05) is 49.4 Å². The van der Waals surface area contributed by atoms with Crippen molar-refractivity contribution in [2.45, 2.75) is 26.2 Å². The lowest BCUT2D eigenvalue weighted by atomic mass is 9.97. The molecule has 0 saturated heterocycles. The second-order valence-electron chi connectivity index (χ2n) is 5.05. The van der Waals surface area contributed by atoms with Crippen molar-refractivity contribution < 1.29 is 19.8 Å². The number of rotatable bonds is 6. The second-order valence-corrected chi connectivity index (χ2v) is 5.05. The summed E-state index contributed by atoms with van der Waals surface area (Å²) >= 11 is 0. The van der Waals surface area contributed by atoms with Crippen LogP contribution < -0.4 is 0 Å². The van der Waals surface area contributed by atoms with E-state index in [4.69, 9.17) is 5.11 Å². The van der Waals surface area contributed by atoms with E-state index in [1.807, 2.05) is 42.5 Å². The lowest BCUT2D eigenvalue weighted by Crippen LogP contribution is -2.12. The Balaban J connectivity index is 2.20. The number of benzene rings is 2. The normalized spacial score (nSPS) is 12.0. The lowest BCUT2D eigenvalue weighted by molar-refractivity contribution is -0.136. The van der Waals surface area contributed by atoms with Gasteiger partial charge in [0.2, 0.25) is 5.76 Å². The molecule has 0 aliphatic heterocycles. The Hall–Kier alpha value is -2.62. The number of allylic oxidation sites excluding steroid dienone is 1. The number of carboxylic acids is 1. The average Bonchev–Trinajstić information content (AvgIpc) is 2.53. The monoisotopic (exact) mass is 298 g/mol. The fraction of sp³-hybridized carbons (Fsp3) is 0.222. The molecule has 0 amide bonds. The van der Waals surface area contributed by atoms with Gasteiger partial charge in [0.25, 0.3) is 0 Å².